The molecule has 1 aliphatic carbocycles. The van der Waals surface area contributed by atoms with Crippen LogP contribution in [-0.2, 0) is 0 Å². The average molecular weight is 389 g/mol. The first-order chi connectivity index (χ1) is 11.1. The van der Waals surface area contributed by atoms with Gasteiger partial charge in [-0.3, -0.25) is 4.90 Å². The second kappa shape index (κ2) is 7.45. The van der Waals surface area contributed by atoms with Crippen molar-refractivity contribution < 1.29 is 13.9 Å². The molecule has 0 radical (unpaired) electrons. The Bertz CT molecular complexity index is 540. The molecule has 1 aliphatic heterocycles. The number of rotatable bonds is 3. The van der Waals surface area contributed by atoms with Crippen LogP contribution in [0.2, 0.25) is 0 Å². The number of hydrogen-bond acceptors (Lipinski definition) is 3. The van der Waals surface area contributed by atoms with Crippen molar-refractivity contribution in [2.75, 3.05) is 26.2 Å². The van der Waals surface area contributed by atoms with E-state index in [9.17, 15) is 13.9 Å². The standard InChI is InChI=1S/C17H23BrF2N2O/c18-13-10-12(17(23)15(20)14(13)19)16(11-4-2-1-3-5-11)22-8-6-21-7-9-22/h10-11,16,21,23H,1-9H2/t16-/m0/s1. The molecular formula is C17H23BrF2N2O. The number of nitrogens with one attached hydrogen (secondary N) is 1. The van der Waals surface area contributed by atoms with Crippen molar-refractivity contribution in [1.82, 2.24) is 10.2 Å². The lowest BCUT2D eigenvalue weighted by atomic mass is 9.80. The molecule has 1 saturated carbocycles. The van der Waals surface area contributed by atoms with Gasteiger partial charge in [-0.1, -0.05) is 19.3 Å². The van der Waals surface area contributed by atoms with Crippen LogP contribution in [-0.4, -0.2) is 36.2 Å². The minimum atomic E-state index is -1.15. The molecule has 1 aromatic rings. The van der Waals surface area contributed by atoms with E-state index < -0.39 is 17.4 Å². The van der Waals surface area contributed by atoms with Crippen LogP contribution >= 0.6 is 15.9 Å². The molecule has 2 N–H and O–H groups in total. The highest BCUT2D eigenvalue weighted by molar-refractivity contribution is 9.10. The maximum absolute atomic E-state index is 14.1. The molecule has 0 spiro atoms. The van der Waals surface area contributed by atoms with Gasteiger partial charge in [-0.25, -0.2) is 4.39 Å². The Labute approximate surface area is 144 Å². The van der Waals surface area contributed by atoms with E-state index in [4.69, 9.17) is 0 Å². The first-order valence-electron chi connectivity index (χ1n) is 8.40. The summed E-state index contributed by atoms with van der Waals surface area (Å²) >= 11 is 3.09. The van der Waals surface area contributed by atoms with Crippen molar-refractivity contribution in [3.8, 4) is 5.75 Å². The average Bonchev–Trinajstić information content (AvgIpc) is 2.60. The van der Waals surface area contributed by atoms with Gasteiger partial charge in [0.2, 0.25) is 5.82 Å². The van der Waals surface area contributed by atoms with Gasteiger partial charge in [0, 0.05) is 37.8 Å². The second-order valence-corrected chi connectivity index (χ2v) is 7.41. The highest BCUT2D eigenvalue weighted by Crippen LogP contribution is 2.43. The van der Waals surface area contributed by atoms with Crippen molar-refractivity contribution >= 4 is 15.9 Å². The van der Waals surface area contributed by atoms with E-state index in [0.29, 0.717) is 11.5 Å². The fourth-order valence-electron chi connectivity index (χ4n) is 3.99. The summed E-state index contributed by atoms with van der Waals surface area (Å²) in [5.74, 6) is -2.32. The maximum Gasteiger partial charge on any atom is 0.201 e. The minimum absolute atomic E-state index is 0.0520. The summed E-state index contributed by atoms with van der Waals surface area (Å²) < 4.78 is 27.9. The number of hydrogen-bond donors (Lipinski definition) is 2. The summed E-state index contributed by atoms with van der Waals surface area (Å²) in [6.07, 6.45) is 5.71. The van der Waals surface area contributed by atoms with Gasteiger partial charge >= 0.3 is 0 Å². The zero-order valence-electron chi connectivity index (χ0n) is 13.1. The van der Waals surface area contributed by atoms with Crippen LogP contribution in [0.15, 0.2) is 10.5 Å². The van der Waals surface area contributed by atoms with Gasteiger partial charge in [0.25, 0.3) is 0 Å². The molecule has 1 aromatic carbocycles. The molecule has 23 heavy (non-hydrogen) atoms. The molecule has 6 heteroatoms. The van der Waals surface area contributed by atoms with Crippen LogP contribution in [0.5, 0.6) is 5.75 Å². The predicted octanol–water partition coefficient (Wildman–Crippen LogP) is 3.96. The highest BCUT2D eigenvalue weighted by atomic mass is 79.9. The Balaban J connectivity index is 2.00. The molecular weight excluding hydrogens is 366 g/mol. The Morgan fingerprint density at radius 3 is 2.43 bits per heavy atom. The Hall–Kier alpha value is -0.720. The van der Waals surface area contributed by atoms with E-state index in [1.165, 1.54) is 19.3 Å². The van der Waals surface area contributed by atoms with Crippen LogP contribution < -0.4 is 5.32 Å². The van der Waals surface area contributed by atoms with Crippen molar-refractivity contribution in [1.29, 1.82) is 0 Å². The van der Waals surface area contributed by atoms with Gasteiger partial charge in [0.05, 0.1) is 4.47 Å². The summed E-state index contributed by atoms with van der Waals surface area (Å²) in [5, 5.41) is 13.6. The predicted molar refractivity (Wildman–Crippen MR) is 89.5 cm³/mol. The third kappa shape index (κ3) is 3.54. The monoisotopic (exact) mass is 388 g/mol. The summed E-state index contributed by atoms with van der Waals surface area (Å²) in [7, 11) is 0. The fraction of sp³-hybridized carbons (Fsp3) is 0.647. The Morgan fingerprint density at radius 2 is 1.78 bits per heavy atom. The number of phenolic OH excluding ortho intramolecular Hbond substituents is 1. The van der Waals surface area contributed by atoms with Crippen LogP contribution in [0, 0.1) is 17.6 Å². The van der Waals surface area contributed by atoms with Crippen molar-refractivity contribution in [3.05, 3.63) is 27.7 Å². The molecule has 1 saturated heterocycles. The summed E-state index contributed by atoms with van der Waals surface area (Å²) in [5.41, 5.74) is 0.518. The Kier molecular flexibility index (Phi) is 5.54. The number of nitrogens with zero attached hydrogens (tertiary/aromatic N) is 1. The lowest BCUT2D eigenvalue weighted by molar-refractivity contribution is 0.101. The second-order valence-electron chi connectivity index (χ2n) is 6.55. The van der Waals surface area contributed by atoms with E-state index in [1.54, 1.807) is 6.07 Å². The van der Waals surface area contributed by atoms with Crippen molar-refractivity contribution in [2.24, 2.45) is 5.92 Å². The molecule has 0 amide bonds. The summed E-state index contributed by atoms with van der Waals surface area (Å²) in [6.45, 7) is 3.48. The van der Waals surface area contributed by atoms with E-state index in [-0.39, 0.29) is 10.5 Å². The number of benzene rings is 1. The van der Waals surface area contributed by atoms with Crippen LogP contribution in [0.3, 0.4) is 0 Å². The molecule has 0 aromatic heterocycles. The van der Waals surface area contributed by atoms with Gasteiger partial charge in [0.1, 0.15) is 0 Å². The first kappa shape index (κ1) is 17.1. The van der Waals surface area contributed by atoms with Gasteiger partial charge < -0.3 is 10.4 Å². The third-order valence-corrected chi connectivity index (χ3v) is 5.70. The van der Waals surface area contributed by atoms with E-state index in [2.05, 4.69) is 26.1 Å². The van der Waals surface area contributed by atoms with Gasteiger partial charge in [-0.05, 0) is 40.8 Å². The maximum atomic E-state index is 14.1. The SMILES string of the molecule is Oc1c([C@H](C2CCCCC2)N2CCNCC2)cc(Br)c(F)c1F. The zero-order chi connectivity index (χ0) is 16.4. The van der Waals surface area contributed by atoms with E-state index >= 15 is 0 Å². The summed E-state index contributed by atoms with van der Waals surface area (Å²) in [6, 6.07) is 1.51. The molecule has 0 bridgehead atoms. The van der Waals surface area contributed by atoms with Gasteiger partial charge in [-0.2, -0.15) is 4.39 Å². The quantitative estimate of drug-likeness (QED) is 0.769. The fourth-order valence-corrected chi connectivity index (χ4v) is 4.41. The third-order valence-electron chi connectivity index (χ3n) is 5.13. The van der Waals surface area contributed by atoms with Crippen molar-refractivity contribution in [3.63, 3.8) is 0 Å². The summed E-state index contributed by atoms with van der Waals surface area (Å²) in [4.78, 5) is 2.31. The largest absolute Gasteiger partial charge is 0.505 e. The van der Waals surface area contributed by atoms with Crippen molar-refractivity contribution in [2.45, 2.75) is 38.1 Å². The van der Waals surface area contributed by atoms with Crippen LogP contribution in [0.25, 0.3) is 0 Å². The molecule has 2 fully saturated rings. The van der Waals surface area contributed by atoms with Crippen LogP contribution in [0.1, 0.15) is 43.7 Å². The normalized spacial score (nSPS) is 22.2. The molecule has 0 unspecified atom stereocenters. The molecule has 1 atom stereocenters. The molecule has 2 aliphatic rings. The molecule has 3 nitrogen and oxygen atoms in total. The Morgan fingerprint density at radius 1 is 1.13 bits per heavy atom. The highest BCUT2D eigenvalue weighted by Gasteiger charge is 2.34. The molecule has 128 valence electrons. The molecule has 3 rings (SSSR count). The van der Waals surface area contributed by atoms with Gasteiger partial charge in [-0.15, -0.1) is 0 Å². The smallest absolute Gasteiger partial charge is 0.201 e. The zero-order valence-corrected chi connectivity index (χ0v) is 14.7. The van der Waals surface area contributed by atoms with Gasteiger partial charge in [0.15, 0.2) is 11.6 Å². The lowest BCUT2D eigenvalue weighted by Crippen LogP contribution is -2.47. The number of phenols is 1. The number of aromatic hydroxyl groups is 1. The topological polar surface area (TPSA) is 35.5 Å². The lowest BCUT2D eigenvalue weighted by Gasteiger charge is -2.41. The van der Waals surface area contributed by atoms with E-state index in [1.807, 2.05) is 0 Å². The minimum Gasteiger partial charge on any atom is -0.505 e. The number of piperazine rings is 1. The number of halogens is 3. The van der Waals surface area contributed by atoms with E-state index in [0.717, 1.165) is 39.0 Å². The molecule has 1 heterocycles. The van der Waals surface area contributed by atoms with Crippen LogP contribution in [0.4, 0.5) is 8.78 Å². The first-order valence-corrected chi connectivity index (χ1v) is 9.20.